The Labute approximate surface area is 186 Å². The molecular weight excluding hydrogens is 386 g/mol. The summed E-state index contributed by atoms with van der Waals surface area (Å²) < 4.78 is 10.6. The maximum absolute atomic E-state index is 11.8. The zero-order valence-electron chi connectivity index (χ0n) is 19.1. The highest BCUT2D eigenvalue weighted by atomic mass is 16.7. The van der Waals surface area contributed by atoms with E-state index in [0.29, 0.717) is 12.5 Å². The van der Waals surface area contributed by atoms with Crippen LogP contribution in [0, 0.1) is 28.6 Å². The van der Waals surface area contributed by atoms with Crippen LogP contribution in [0.25, 0.3) is 5.57 Å². The number of ether oxygens (including phenoxy) is 2. The number of hydrogen-bond donors (Lipinski definition) is 0. The molecule has 0 saturated heterocycles. The molecule has 2 saturated carbocycles. The molecule has 4 heteroatoms. The van der Waals surface area contributed by atoms with E-state index in [4.69, 9.17) is 9.47 Å². The molecule has 1 heterocycles. The molecular formula is C27H35NO3. The van der Waals surface area contributed by atoms with Crippen molar-refractivity contribution in [2.75, 3.05) is 6.61 Å². The van der Waals surface area contributed by atoms with Gasteiger partial charge in [0.15, 0.2) is 0 Å². The normalized spacial score (nSPS) is 38.8. The van der Waals surface area contributed by atoms with E-state index in [1.165, 1.54) is 36.0 Å². The molecule has 4 aliphatic carbocycles. The average molecular weight is 422 g/mol. The minimum atomic E-state index is -0.515. The molecule has 0 aliphatic heterocycles. The fourth-order valence-electron chi connectivity index (χ4n) is 7.55. The van der Waals surface area contributed by atoms with Crippen molar-refractivity contribution in [3.8, 4) is 0 Å². The van der Waals surface area contributed by atoms with E-state index in [9.17, 15) is 4.79 Å². The van der Waals surface area contributed by atoms with E-state index in [0.717, 1.165) is 37.5 Å². The lowest BCUT2D eigenvalue weighted by molar-refractivity contribution is -0.0353. The van der Waals surface area contributed by atoms with Gasteiger partial charge in [-0.1, -0.05) is 37.6 Å². The lowest BCUT2D eigenvalue weighted by Gasteiger charge is -2.57. The lowest BCUT2D eigenvalue weighted by atomic mass is 9.47. The van der Waals surface area contributed by atoms with Crippen molar-refractivity contribution in [1.29, 1.82) is 0 Å². The Morgan fingerprint density at radius 3 is 2.74 bits per heavy atom. The van der Waals surface area contributed by atoms with Crippen LogP contribution in [0.15, 0.2) is 42.3 Å². The number of carbonyl (C=O) groups excluding carboxylic acids is 1. The van der Waals surface area contributed by atoms with Crippen LogP contribution >= 0.6 is 0 Å². The molecule has 0 spiro atoms. The summed E-state index contributed by atoms with van der Waals surface area (Å²) in [5.74, 6) is 2.18. The van der Waals surface area contributed by atoms with Gasteiger partial charge in [0, 0.05) is 18.8 Å². The average Bonchev–Trinajstić information content (AvgIpc) is 3.12. The van der Waals surface area contributed by atoms with Crippen LogP contribution in [0.5, 0.6) is 0 Å². The van der Waals surface area contributed by atoms with Crippen molar-refractivity contribution in [2.24, 2.45) is 28.6 Å². The first-order valence-electron chi connectivity index (χ1n) is 12.1. The van der Waals surface area contributed by atoms with Gasteiger partial charge in [-0.15, -0.1) is 0 Å². The molecule has 31 heavy (non-hydrogen) atoms. The predicted octanol–water partition coefficient (Wildman–Crippen LogP) is 6.58. The fraction of sp³-hybridized carbons (Fsp3) is 0.630. The van der Waals surface area contributed by atoms with Crippen molar-refractivity contribution in [1.82, 2.24) is 4.98 Å². The largest absolute Gasteiger partial charge is 0.508 e. The van der Waals surface area contributed by atoms with Crippen LogP contribution in [0.1, 0.15) is 71.3 Å². The molecule has 1 aromatic heterocycles. The van der Waals surface area contributed by atoms with Crippen molar-refractivity contribution in [2.45, 2.75) is 71.8 Å². The first-order chi connectivity index (χ1) is 15.0. The molecule has 1 aromatic rings. The third-order valence-corrected chi connectivity index (χ3v) is 9.14. The fourth-order valence-corrected chi connectivity index (χ4v) is 7.55. The summed E-state index contributed by atoms with van der Waals surface area (Å²) in [4.78, 5) is 16.2. The second-order valence-electron chi connectivity index (χ2n) is 10.5. The molecule has 0 bridgehead atoms. The van der Waals surface area contributed by atoms with E-state index < -0.39 is 6.16 Å². The van der Waals surface area contributed by atoms with Crippen LogP contribution in [0.3, 0.4) is 0 Å². The van der Waals surface area contributed by atoms with Crippen molar-refractivity contribution >= 4 is 11.7 Å². The molecule has 2 fully saturated rings. The maximum Gasteiger partial charge on any atom is 0.508 e. The predicted molar refractivity (Wildman–Crippen MR) is 121 cm³/mol. The first-order valence-corrected chi connectivity index (χ1v) is 12.1. The quantitative estimate of drug-likeness (QED) is 0.408. The van der Waals surface area contributed by atoms with Gasteiger partial charge in [-0.3, -0.25) is 4.98 Å². The molecule has 6 atom stereocenters. The second kappa shape index (κ2) is 7.79. The summed E-state index contributed by atoms with van der Waals surface area (Å²) in [5, 5.41) is 0. The van der Waals surface area contributed by atoms with Crippen molar-refractivity contribution < 1.29 is 14.3 Å². The van der Waals surface area contributed by atoms with Gasteiger partial charge >= 0.3 is 6.16 Å². The van der Waals surface area contributed by atoms with Gasteiger partial charge in [0.25, 0.3) is 0 Å². The Kier molecular flexibility index (Phi) is 5.22. The molecule has 4 aliphatic rings. The van der Waals surface area contributed by atoms with Gasteiger partial charge in [-0.05, 0) is 91.2 Å². The highest BCUT2D eigenvalue weighted by Gasteiger charge is 2.57. The van der Waals surface area contributed by atoms with Gasteiger partial charge < -0.3 is 9.47 Å². The summed E-state index contributed by atoms with van der Waals surface area (Å²) >= 11 is 0. The van der Waals surface area contributed by atoms with E-state index in [1.807, 2.05) is 19.3 Å². The minimum Gasteiger partial charge on any atom is -0.435 e. The topological polar surface area (TPSA) is 48.4 Å². The van der Waals surface area contributed by atoms with Crippen LogP contribution in [0.2, 0.25) is 0 Å². The number of allylic oxidation sites excluding steroid dienone is 3. The SMILES string of the molecule is CCOC(=O)OC1CC[C@@]2(C)C(=CCC3C2CC[C@]2(C)C(c4cccnc4)=CCC32)C1. The van der Waals surface area contributed by atoms with Crippen LogP contribution in [-0.4, -0.2) is 23.9 Å². The zero-order chi connectivity index (χ0) is 21.6. The van der Waals surface area contributed by atoms with Crippen LogP contribution in [0.4, 0.5) is 4.79 Å². The Morgan fingerprint density at radius 1 is 1.13 bits per heavy atom. The maximum atomic E-state index is 11.8. The third kappa shape index (κ3) is 3.34. The number of aromatic nitrogens is 1. The van der Waals surface area contributed by atoms with Gasteiger partial charge in [-0.2, -0.15) is 0 Å². The number of carbonyl (C=O) groups is 1. The molecule has 0 amide bonds. The number of pyridine rings is 1. The molecule has 0 radical (unpaired) electrons. The number of rotatable bonds is 3. The number of hydrogen-bond acceptors (Lipinski definition) is 4. The molecule has 0 N–H and O–H groups in total. The van der Waals surface area contributed by atoms with E-state index in [2.05, 4.69) is 43.1 Å². The van der Waals surface area contributed by atoms with Gasteiger partial charge in [-0.25, -0.2) is 4.79 Å². The second-order valence-corrected chi connectivity index (χ2v) is 10.5. The summed E-state index contributed by atoms with van der Waals surface area (Å²) in [6.45, 7) is 7.18. The van der Waals surface area contributed by atoms with Crippen molar-refractivity contribution in [3.63, 3.8) is 0 Å². The Balaban J connectivity index is 1.35. The van der Waals surface area contributed by atoms with Gasteiger partial charge in [0.2, 0.25) is 0 Å². The Hall–Kier alpha value is -2.10. The van der Waals surface area contributed by atoms with E-state index in [1.54, 1.807) is 0 Å². The molecule has 0 aromatic carbocycles. The molecule has 4 nitrogen and oxygen atoms in total. The summed E-state index contributed by atoms with van der Waals surface area (Å²) in [6.07, 6.45) is 16.2. The highest BCUT2D eigenvalue weighted by molar-refractivity contribution is 5.72. The molecule has 4 unspecified atom stereocenters. The minimum absolute atomic E-state index is 0.0332. The number of fused-ring (bicyclic) bond motifs is 5. The standard InChI is InChI=1S/C27H35NO3/c1-4-30-25(29)31-20-11-13-26(2)19(16-20)7-8-21-23-10-9-22(18-6-5-15-28-17-18)27(23,3)14-12-24(21)26/h5-7,9,15,17,20-21,23-24H,4,8,10-14,16H2,1-3H3/t20?,21?,23?,24?,26-,27+/m0/s1. The van der Waals surface area contributed by atoms with Crippen molar-refractivity contribution in [3.05, 3.63) is 47.8 Å². The van der Waals surface area contributed by atoms with Gasteiger partial charge in [0.1, 0.15) is 6.10 Å². The Morgan fingerprint density at radius 2 is 1.97 bits per heavy atom. The monoisotopic (exact) mass is 421 g/mol. The molecule has 166 valence electrons. The highest BCUT2D eigenvalue weighted by Crippen LogP contribution is 2.66. The van der Waals surface area contributed by atoms with Crippen LogP contribution < -0.4 is 0 Å². The summed E-state index contributed by atoms with van der Waals surface area (Å²) in [5.41, 5.74) is 4.86. The lowest BCUT2D eigenvalue weighted by Crippen LogP contribution is -2.50. The first kappa shape index (κ1) is 20.8. The Bertz CT molecular complexity index is 906. The number of nitrogens with zero attached hydrogens (tertiary/aromatic N) is 1. The van der Waals surface area contributed by atoms with Crippen LogP contribution in [-0.2, 0) is 9.47 Å². The third-order valence-electron chi connectivity index (χ3n) is 9.14. The molecule has 5 rings (SSSR count). The van der Waals surface area contributed by atoms with E-state index >= 15 is 0 Å². The van der Waals surface area contributed by atoms with Gasteiger partial charge in [0.05, 0.1) is 6.61 Å². The van der Waals surface area contributed by atoms with E-state index in [-0.39, 0.29) is 16.9 Å². The summed E-state index contributed by atoms with van der Waals surface area (Å²) in [6, 6.07) is 4.29. The summed E-state index contributed by atoms with van der Waals surface area (Å²) in [7, 11) is 0. The smallest absolute Gasteiger partial charge is 0.435 e. The zero-order valence-corrected chi connectivity index (χ0v) is 19.1.